The highest BCUT2D eigenvalue weighted by Crippen LogP contribution is 2.36. The molecule has 0 unspecified atom stereocenters. The summed E-state index contributed by atoms with van der Waals surface area (Å²) in [6.07, 6.45) is -24.8. The third-order valence-corrected chi connectivity index (χ3v) is 9.43. The lowest BCUT2D eigenvalue weighted by atomic mass is 9.95. The maximum Gasteiger partial charge on any atom is 0.331 e. The fourth-order valence-corrected chi connectivity index (χ4v) is 6.27. The van der Waals surface area contributed by atoms with Crippen molar-refractivity contribution < 1.29 is 104 Å². The van der Waals surface area contributed by atoms with Gasteiger partial charge in [-0.05, 0) is 47.9 Å². The lowest BCUT2D eigenvalue weighted by Gasteiger charge is -2.49. The zero-order chi connectivity index (χ0) is 40.8. The van der Waals surface area contributed by atoms with Crippen LogP contribution in [0.5, 0.6) is 23.0 Å². The number of carbonyl (C=O) groups is 1. The fourth-order valence-electron chi connectivity index (χ4n) is 6.27. The average Bonchev–Trinajstić information content (AvgIpc) is 3.18. The van der Waals surface area contributed by atoms with Crippen LogP contribution < -0.4 is 0 Å². The Labute approximate surface area is 317 Å². The Morgan fingerprint density at radius 3 is 1.64 bits per heavy atom. The summed E-state index contributed by atoms with van der Waals surface area (Å²) >= 11 is 0. The highest BCUT2D eigenvalue weighted by Gasteiger charge is 2.56. The first-order chi connectivity index (χ1) is 26.7. The number of hydrogen-bond donors (Lipinski definition) is 13. The molecule has 3 heterocycles. The summed E-state index contributed by atoms with van der Waals surface area (Å²) in [5.74, 6) is -2.84. The molecular weight excluding hydrogens is 756 g/mol. The van der Waals surface area contributed by atoms with Gasteiger partial charge in [0.25, 0.3) is 0 Å². The summed E-state index contributed by atoms with van der Waals surface area (Å²) in [6, 6.07) is 7.62. The molecule has 0 bridgehead atoms. The van der Waals surface area contributed by atoms with Gasteiger partial charge in [-0.2, -0.15) is 0 Å². The second-order valence-electron chi connectivity index (χ2n) is 13.2. The Hall–Kier alpha value is -3.75. The molecule has 5 rings (SSSR count). The zero-order valence-corrected chi connectivity index (χ0v) is 29.4. The van der Waals surface area contributed by atoms with E-state index < -0.39 is 135 Å². The van der Waals surface area contributed by atoms with Crippen LogP contribution in [0.1, 0.15) is 11.1 Å². The summed E-state index contributed by atoms with van der Waals surface area (Å²) < 4.78 is 40.8. The van der Waals surface area contributed by atoms with Crippen LogP contribution in [0.4, 0.5) is 0 Å². The topological polar surface area (TPSA) is 345 Å². The molecule has 0 aromatic heterocycles. The lowest BCUT2D eigenvalue weighted by Crippen LogP contribution is -2.67. The van der Waals surface area contributed by atoms with Gasteiger partial charge in [-0.15, -0.1) is 0 Å². The van der Waals surface area contributed by atoms with Gasteiger partial charge in [-0.3, -0.25) is 0 Å². The fraction of sp³-hybridized carbons (Fsp3) is 0.571. The molecule has 56 heavy (non-hydrogen) atoms. The van der Waals surface area contributed by atoms with Gasteiger partial charge < -0.3 is 99.5 Å². The molecule has 13 N–H and O–H groups in total. The van der Waals surface area contributed by atoms with Gasteiger partial charge in [-0.1, -0.05) is 12.1 Å². The van der Waals surface area contributed by atoms with E-state index in [9.17, 15) is 71.2 Å². The summed E-state index contributed by atoms with van der Waals surface area (Å²) in [5.41, 5.74) is 0.708. The van der Waals surface area contributed by atoms with E-state index in [1.807, 2.05) is 0 Å². The van der Waals surface area contributed by atoms with Gasteiger partial charge in [0.15, 0.2) is 48.0 Å². The third kappa shape index (κ3) is 9.85. The summed E-state index contributed by atoms with van der Waals surface area (Å²) in [7, 11) is 0. The Balaban J connectivity index is 1.51. The second kappa shape index (κ2) is 19.1. The third-order valence-electron chi connectivity index (χ3n) is 9.43. The largest absolute Gasteiger partial charge is 0.504 e. The minimum atomic E-state index is -2.03. The first-order valence-corrected chi connectivity index (χ1v) is 17.4. The Kier molecular flexibility index (Phi) is 14.8. The number of aromatic hydroxyl groups is 4. The molecule has 21 nitrogen and oxygen atoms in total. The van der Waals surface area contributed by atoms with Crippen molar-refractivity contribution in [3.05, 3.63) is 53.6 Å². The molecule has 3 aliphatic heterocycles. The first-order valence-electron chi connectivity index (χ1n) is 17.4. The molecule has 0 aliphatic carbocycles. The Morgan fingerprint density at radius 1 is 0.589 bits per heavy atom. The van der Waals surface area contributed by atoms with Crippen LogP contribution in [0.3, 0.4) is 0 Å². The van der Waals surface area contributed by atoms with Crippen LogP contribution in [0.2, 0.25) is 0 Å². The van der Waals surface area contributed by atoms with E-state index in [0.29, 0.717) is 5.56 Å². The predicted octanol–water partition coefficient (Wildman–Crippen LogP) is -4.22. The van der Waals surface area contributed by atoms with Crippen LogP contribution in [0, 0.1) is 0 Å². The SMILES string of the molecule is O=C(C=Cc1ccc(O)c(O)c1)O[C@H]1[C@H](O[C@@H]2O[C@H](CO)[C@@H](O)[C@H](O)[C@H]2O)[C@@H](O[C@@H]2O[C@H](CO)[C@@H](O)[C@H](O)[C@H]2O)[C@H](OCCc2ccc(O)c(O)c2)O[C@@H]1CO. The number of benzene rings is 2. The van der Waals surface area contributed by atoms with Gasteiger partial charge in [0, 0.05) is 6.08 Å². The maximum absolute atomic E-state index is 13.3. The summed E-state index contributed by atoms with van der Waals surface area (Å²) in [5, 5.41) is 133. The second-order valence-corrected chi connectivity index (χ2v) is 13.2. The van der Waals surface area contributed by atoms with Crippen molar-refractivity contribution in [1.82, 2.24) is 0 Å². The van der Waals surface area contributed by atoms with Crippen LogP contribution in [0.25, 0.3) is 6.08 Å². The molecule has 0 radical (unpaired) electrons. The number of phenols is 4. The molecule has 3 aliphatic rings. The van der Waals surface area contributed by atoms with E-state index in [0.717, 1.165) is 18.2 Å². The lowest BCUT2D eigenvalue weighted by molar-refractivity contribution is -0.391. The molecule has 21 heteroatoms. The van der Waals surface area contributed by atoms with E-state index in [-0.39, 0.29) is 24.3 Å². The summed E-state index contributed by atoms with van der Waals surface area (Å²) in [6.45, 7) is -2.87. The molecule has 0 amide bonds. The number of rotatable bonds is 14. The Bertz CT molecular complexity index is 1620. The van der Waals surface area contributed by atoms with Crippen molar-refractivity contribution in [2.45, 2.75) is 98.5 Å². The van der Waals surface area contributed by atoms with Crippen LogP contribution in [-0.4, -0.2) is 191 Å². The van der Waals surface area contributed by atoms with Crippen LogP contribution >= 0.6 is 0 Å². The van der Waals surface area contributed by atoms with Crippen molar-refractivity contribution in [3.63, 3.8) is 0 Å². The van der Waals surface area contributed by atoms with Gasteiger partial charge >= 0.3 is 5.97 Å². The highest BCUT2D eigenvalue weighted by molar-refractivity contribution is 5.87. The number of esters is 1. The van der Waals surface area contributed by atoms with Crippen LogP contribution in [0.15, 0.2) is 42.5 Å². The number of ether oxygens (including phenoxy) is 7. The number of hydrogen-bond acceptors (Lipinski definition) is 21. The van der Waals surface area contributed by atoms with E-state index in [2.05, 4.69) is 0 Å². The number of phenolic OH excluding ortho intramolecular Hbond substituents is 4. The number of aliphatic hydroxyl groups excluding tert-OH is 9. The van der Waals surface area contributed by atoms with E-state index >= 15 is 0 Å². The standard InChI is InChI=1S/C35H46O21/c36-11-20-24(44)26(46)28(48)33(51-20)55-31-30(54-23(43)6-3-14-1-4-16(39)18(41)9-14)22(13-38)53-35(50-8-7-15-2-5-17(40)19(42)10-15)32(31)56-34-29(49)27(47)25(45)21(12-37)52-34/h1-6,9-10,20-22,24-42,44-49H,7-8,11-13H2/t20-,21-,22-,24-,25-,26+,27+,28-,29-,30-,31+,32-,33+,34+,35-/m1/s1. The Morgan fingerprint density at radius 2 is 1.11 bits per heavy atom. The normalized spacial score (nSPS) is 36.4. The molecule has 0 saturated carbocycles. The van der Waals surface area contributed by atoms with Gasteiger partial charge in [0.1, 0.15) is 67.1 Å². The van der Waals surface area contributed by atoms with Crippen molar-refractivity contribution >= 4 is 12.0 Å². The van der Waals surface area contributed by atoms with Gasteiger partial charge in [0.2, 0.25) is 0 Å². The first kappa shape index (κ1) is 43.4. The number of aliphatic hydroxyl groups is 9. The van der Waals surface area contributed by atoms with Crippen LogP contribution in [-0.2, 0) is 44.4 Å². The quantitative estimate of drug-likeness (QED) is 0.0489. The van der Waals surface area contributed by atoms with E-state index in [1.165, 1.54) is 30.3 Å². The van der Waals surface area contributed by atoms with Crippen molar-refractivity contribution in [2.24, 2.45) is 0 Å². The predicted molar refractivity (Wildman–Crippen MR) is 181 cm³/mol. The molecule has 0 spiro atoms. The van der Waals surface area contributed by atoms with Gasteiger partial charge in [0.05, 0.1) is 26.4 Å². The molecule has 15 atom stereocenters. The van der Waals surface area contributed by atoms with Crippen molar-refractivity contribution in [1.29, 1.82) is 0 Å². The molecule has 3 saturated heterocycles. The molecule has 3 fully saturated rings. The molecule has 312 valence electrons. The summed E-state index contributed by atoms with van der Waals surface area (Å²) in [4.78, 5) is 13.3. The highest BCUT2D eigenvalue weighted by atomic mass is 16.8. The minimum absolute atomic E-state index is 0.0541. The van der Waals surface area contributed by atoms with E-state index in [1.54, 1.807) is 0 Å². The maximum atomic E-state index is 13.3. The molecule has 2 aromatic rings. The average molecular weight is 803 g/mol. The van der Waals surface area contributed by atoms with Gasteiger partial charge in [-0.25, -0.2) is 4.79 Å². The van der Waals surface area contributed by atoms with Crippen molar-refractivity contribution in [3.8, 4) is 23.0 Å². The monoisotopic (exact) mass is 802 g/mol. The molecular formula is C35H46O21. The smallest absolute Gasteiger partial charge is 0.331 e. The van der Waals surface area contributed by atoms with Crippen molar-refractivity contribution in [2.75, 3.05) is 26.4 Å². The minimum Gasteiger partial charge on any atom is -0.504 e. The zero-order valence-electron chi connectivity index (χ0n) is 29.4. The molecule has 2 aromatic carbocycles. The van der Waals surface area contributed by atoms with E-state index in [4.69, 9.17) is 33.2 Å². The number of carbonyl (C=O) groups excluding carboxylic acids is 1.